The lowest BCUT2D eigenvalue weighted by Crippen LogP contribution is -2.31. The molecule has 0 bridgehead atoms. The zero-order valence-electron chi connectivity index (χ0n) is 8.25. The van der Waals surface area contributed by atoms with Crippen molar-refractivity contribution in [2.24, 2.45) is 5.73 Å². The van der Waals surface area contributed by atoms with Crippen LogP contribution in [0.5, 0.6) is 0 Å². The SMILES string of the molecule is N[C@@H]1CCCC[C@@H]1c1cccc(F)c1. The molecule has 0 amide bonds. The number of halogens is 1. The molecule has 0 saturated heterocycles. The van der Waals surface area contributed by atoms with E-state index in [4.69, 9.17) is 5.73 Å². The highest BCUT2D eigenvalue weighted by molar-refractivity contribution is 5.22. The van der Waals surface area contributed by atoms with E-state index in [2.05, 4.69) is 0 Å². The molecule has 2 rings (SSSR count). The van der Waals surface area contributed by atoms with Gasteiger partial charge in [0.2, 0.25) is 0 Å². The molecule has 1 nitrogen and oxygen atoms in total. The molecule has 14 heavy (non-hydrogen) atoms. The lowest BCUT2D eigenvalue weighted by atomic mass is 9.80. The molecule has 1 aromatic rings. The fourth-order valence-corrected chi connectivity index (χ4v) is 2.31. The third-order valence-electron chi connectivity index (χ3n) is 3.10. The molecule has 0 aromatic heterocycles. The first-order valence-corrected chi connectivity index (χ1v) is 5.28. The highest BCUT2D eigenvalue weighted by Crippen LogP contribution is 2.31. The minimum Gasteiger partial charge on any atom is -0.327 e. The molecular formula is C12H16FN. The number of rotatable bonds is 1. The summed E-state index contributed by atoms with van der Waals surface area (Å²) >= 11 is 0. The van der Waals surface area contributed by atoms with Crippen LogP contribution in [0.25, 0.3) is 0 Å². The molecule has 1 saturated carbocycles. The normalized spacial score (nSPS) is 27.6. The van der Waals surface area contributed by atoms with Crippen LogP contribution in [-0.2, 0) is 0 Å². The highest BCUT2D eigenvalue weighted by atomic mass is 19.1. The third-order valence-corrected chi connectivity index (χ3v) is 3.10. The van der Waals surface area contributed by atoms with E-state index >= 15 is 0 Å². The van der Waals surface area contributed by atoms with Crippen LogP contribution in [0.4, 0.5) is 4.39 Å². The van der Waals surface area contributed by atoms with E-state index in [0.717, 1.165) is 18.4 Å². The Bertz CT molecular complexity index is 311. The molecule has 0 unspecified atom stereocenters. The summed E-state index contributed by atoms with van der Waals surface area (Å²) in [5, 5.41) is 0. The molecule has 1 aliphatic rings. The molecule has 1 aliphatic carbocycles. The van der Waals surface area contributed by atoms with Gasteiger partial charge in [0.15, 0.2) is 0 Å². The molecule has 2 N–H and O–H groups in total. The van der Waals surface area contributed by atoms with Gasteiger partial charge in [-0.25, -0.2) is 4.39 Å². The Hall–Kier alpha value is -0.890. The molecule has 2 heteroatoms. The van der Waals surface area contributed by atoms with Gasteiger partial charge in [-0.15, -0.1) is 0 Å². The van der Waals surface area contributed by atoms with Crippen molar-refractivity contribution < 1.29 is 4.39 Å². The van der Waals surface area contributed by atoms with Gasteiger partial charge in [-0.3, -0.25) is 0 Å². The van der Waals surface area contributed by atoms with E-state index in [1.165, 1.54) is 18.9 Å². The minimum absolute atomic E-state index is 0.153. The molecule has 76 valence electrons. The summed E-state index contributed by atoms with van der Waals surface area (Å²) in [5.74, 6) is 0.208. The van der Waals surface area contributed by atoms with E-state index in [1.807, 2.05) is 6.07 Å². The molecule has 0 heterocycles. The molecule has 1 fully saturated rings. The van der Waals surface area contributed by atoms with Crippen molar-refractivity contribution in [1.82, 2.24) is 0 Å². The Kier molecular flexibility index (Phi) is 2.82. The highest BCUT2D eigenvalue weighted by Gasteiger charge is 2.23. The van der Waals surface area contributed by atoms with Gasteiger partial charge in [-0.2, -0.15) is 0 Å². The van der Waals surface area contributed by atoms with Crippen LogP contribution in [0, 0.1) is 5.82 Å². The largest absolute Gasteiger partial charge is 0.327 e. The van der Waals surface area contributed by atoms with Crippen LogP contribution < -0.4 is 5.73 Å². The van der Waals surface area contributed by atoms with E-state index in [-0.39, 0.29) is 11.9 Å². The van der Waals surface area contributed by atoms with Gasteiger partial charge in [-0.1, -0.05) is 25.0 Å². The summed E-state index contributed by atoms with van der Waals surface area (Å²) in [4.78, 5) is 0. The lowest BCUT2D eigenvalue weighted by molar-refractivity contribution is 0.384. The maximum Gasteiger partial charge on any atom is 0.123 e. The first-order valence-electron chi connectivity index (χ1n) is 5.28. The Balaban J connectivity index is 2.20. The Morgan fingerprint density at radius 1 is 1.21 bits per heavy atom. The standard InChI is InChI=1S/C12H16FN/c13-10-5-3-4-9(8-10)11-6-1-2-7-12(11)14/h3-5,8,11-12H,1-2,6-7,14H2/t11-,12-/m1/s1. The molecule has 0 radical (unpaired) electrons. The van der Waals surface area contributed by atoms with Gasteiger partial charge in [0.1, 0.15) is 5.82 Å². The monoisotopic (exact) mass is 193 g/mol. The summed E-state index contributed by atoms with van der Waals surface area (Å²) < 4.78 is 13.0. The summed E-state index contributed by atoms with van der Waals surface area (Å²) in [7, 11) is 0. The van der Waals surface area contributed by atoms with Crippen molar-refractivity contribution in [3.63, 3.8) is 0 Å². The Morgan fingerprint density at radius 2 is 2.00 bits per heavy atom. The molecule has 2 atom stereocenters. The van der Waals surface area contributed by atoms with E-state index in [0.29, 0.717) is 5.92 Å². The Morgan fingerprint density at radius 3 is 2.71 bits per heavy atom. The van der Waals surface area contributed by atoms with Crippen LogP contribution in [0.3, 0.4) is 0 Å². The lowest BCUT2D eigenvalue weighted by Gasteiger charge is -2.28. The molecule has 0 spiro atoms. The fraction of sp³-hybridized carbons (Fsp3) is 0.500. The van der Waals surface area contributed by atoms with Gasteiger partial charge in [0, 0.05) is 6.04 Å². The smallest absolute Gasteiger partial charge is 0.123 e. The van der Waals surface area contributed by atoms with Crippen LogP contribution in [0.15, 0.2) is 24.3 Å². The van der Waals surface area contributed by atoms with Crippen LogP contribution in [0.2, 0.25) is 0 Å². The summed E-state index contributed by atoms with van der Waals surface area (Å²) in [6.07, 6.45) is 4.60. The predicted molar refractivity (Wildman–Crippen MR) is 55.6 cm³/mol. The van der Waals surface area contributed by atoms with Crippen molar-refractivity contribution in [3.05, 3.63) is 35.6 Å². The Labute approximate surface area is 84.1 Å². The second-order valence-electron chi connectivity index (χ2n) is 4.11. The van der Waals surface area contributed by atoms with Gasteiger partial charge in [-0.05, 0) is 36.5 Å². The second-order valence-corrected chi connectivity index (χ2v) is 4.11. The van der Waals surface area contributed by atoms with Crippen LogP contribution in [0.1, 0.15) is 37.2 Å². The molecular weight excluding hydrogens is 177 g/mol. The summed E-state index contributed by atoms with van der Waals surface area (Å²) in [6.45, 7) is 0. The summed E-state index contributed by atoms with van der Waals surface area (Å²) in [5.41, 5.74) is 7.11. The number of hydrogen-bond donors (Lipinski definition) is 1. The van der Waals surface area contributed by atoms with E-state index < -0.39 is 0 Å². The third kappa shape index (κ3) is 1.95. The average molecular weight is 193 g/mol. The number of benzene rings is 1. The van der Waals surface area contributed by atoms with E-state index in [9.17, 15) is 4.39 Å². The number of hydrogen-bond acceptors (Lipinski definition) is 1. The fourth-order valence-electron chi connectivity index (χ4n) is 2.31. The van der Waals surface area contributed by atoms with Gasteiger partial charge in [0.25, 0.3) is 0 Å². The molecule has 1 aromatic carbocycles. The van der Waals surface area contributed by atoms with Crippen molar-refractivity contribution in [1.29, 1.82) is 0 Å². The first kappa shape index (κ1) is 9.66. The predicted octanol–water partition coefficient (Wildman–Crippen LogP) is 2.81. The topological polar surface area (TPSA) is 26.0 Å². The van der Waals surface area contributed by atoms with Crippen LogP contribution in [-0.4, -0.2) is 6.04 Å². The number of nitrogens with two attached hydrogens (primary N) is 1. The van der Waals surface area contributed by atoms with Crippen molar-refractivity contribution in [3.8, 4) is 0 Å². The first-order chi connectivity index (χ1) is 6.77. The van der Waals surface area contributed by atoms with Crippen molar-refractivity contribution in [2.45, 2.75) is 37.6 Å². The molecule has 0 aliphatic heterocycles. The van der Waals surface area contributed by atoms with Crippen molar-refractivity contribution >= 4 is 0 Å². The quantitative estimate of drug-likeness (QED) is 0.729. The van der Waals surface area contributed by atoms with Gasteiger partial charge < -0.3 is 5.73 Å². The zero-order valence-corrected chi connectivity index (χ0v) is 8.25. The minimum atomic E-state index is -0.153. The van der Waals surface area contributed by atoms with E-state index in [1.54, 1.807) is 12.1 Å². The maximum atomic E-state index is 13.0. The van der Waals surface area contributed by atoms with Gasteiger partial charge >= 0.3 is 0 Å². The average Bonchev–Trinajstić information content (AvgIpc) is 2.18. The van der Waals surface area contributed by atoms with Gasteiger partial charge in [0.05, 0.1) is 0 Å². The van der Waals surface area contributed by atoms with Crippen molar-refractivity contribution in [2.75, 3.05) is 0 Å². The summed E-state index contributed by atoms with van der Waals surface area (Å²) in [6, 6.07) is 7.07. The zero-order chi connectivity index (χ0) is 9.97. The second kappa shape index (κ2) is 4.09. The maximum absolute atomic E-state index is 13.0. The van der Waals surface area contributed by atoms with Crippen LogP contribution >= 0.6 is 0 Å².